The number of esters is 2. The van der Waals surface area contributed by atoms with Gasteiger partial charge in [-0.1, -0.05) is 44.6 Å². The molecule has 4 aliphatic heterocycles. The highest BCUT2D eigenvalue weighted by Crippen LogP contribution is 2.58. The van der Waals surface area contributed by atoms with Crippen molar-refractivity contribution in [1.29, 1.82) is 5.26 Å². The molecule has 6 aliphatic rings. The van der Waals surface area contributed by atoms with E-state index >= 15 is 0 Å². The second-order valence-corrected chi connectivity index (χ2v) is 17.0. The van der Waals surface area contributed by atoms with Crippen molar-refractivity contribution < 1.29 is 38.1 Å². The van der Waals surface area contributed by atoms with E-state index in [0.717, 1.165) is 79.2 Å². The highest BCUT2D eigenvalue weighted by molar-refractivity contribution is 5.78. The molecule has 2 saturated carbocycles. The van der Waals surface area contributed by atoms with Gasteiger partial charge in [0.25, 0.3) is 0 Å². The summed E-state index contributed by atoms with van der Waals surface area (Å²) < 4.78 is 30.7. The molecule has 1 saturated heterocycles. The molecule has 12 heteroatoms. The number of carbonyl (C=O) groups is 3. The summed E-state index contributed by atoms with van der Waals surface area (Å²) in [5.41, 5.74) is 5.01. The Balaban J connectivity index is 1.25. The van der Waals surface area contributed by atoms with Gasteiger partial charge in [-0.05, 0) is 82.4 Å². The molecule has 1 N–H and O–H groups in total. The van der Waals surface area contributed by atoms with Gasteiger partial charge in [0, 0.05) is 60.6 Å². The minimum atomic E-state index is -0.570. The maximum Gasteiger partial charge on any atom is 0.311 e. The number of nitrogens with one attached hydrogen (secondary N) is 1. The van der Waals surface area contributed by atoms with Crippen LogP contribution in [0.3, 0.4) is 0 Å². The first-order chi connectivity index (χ1) is 27.1. The molecule has 2 aliphatic carbocycles. The number of hydrogen-bond donors (Lipinski definition) is 1. The van der Waals surface area contributed by atoms with E-state index in [2.05, 4.69) is 27.3 Å². The predicted octanol–water partition coefficient (Wildman–Crippen LogP) is 6.70. The summed E-state index contributed by atoms with van der Waals surface area (Å²) in [6.07, 6.45) is 12.9. The lowest BCUT2D eigenvalue weighted by Crippen LogP contribution is -2.68. The third-order valence-corrected chi connectivity index (χ3v) is 13.6. The Morgan fingerprint density at radius 3 is 2.21 bits per heavy atom. The van der Waals surface area contributed by atoms with Crippen LogP contribution in [0.4, 0.5) is 0 Å². The number of carbonyl (C=O) groups excluding carboxylic acids is 3. The van der Waals surface area contributed by atoms with Gasteiger partial charge >= 0.3 is 11.9 Å². The second kappa shape index (κ2) is 15.9. The SMILES string of the molecule is COc1c(C)cc2c(c1OC(=O)CC1CCCCC1)[C@@H]1C3Cc4c(OC(C)=O)c(C)c5c(c4[C@H](CNC(=O)CC4CCCCC4)N3[C@@H](C#N)[C@H](C2)N1C)OCO5. The first-order valence-corrected chi connectivity index (χ1v) is 20.8. The Morgan fingerprint density at radius 2 is 1.55 bits per heavy atom. The van der Waals surface area contributed by atoms with Crippen molar-refractivity contribution in [2.45, 2.75) is 141 Å². The van der Waals surface area contributed by atoms with Crippen LogP contribution in [0.2, 0.25) is 0 Å². The molecule has 2 aromatic carbocycles. The maximum absolute atomic E-state index is 13.8. The van der Waals surface area contributed by atoms with Crippen molar-refractivity contribution in [2.24, 2.45) is 11.8 Å². The molecule has 1 unspecified atom stereocenters. The van der Waals surface area contributed by atoms with Crippen molar-refractivity contribution >= 4 is 17.8 Å². The van der Waals surface area contributed by atoms with Crippen LogP contribution in [0.1, 0.15) is 129 Å². The number of amides is 1. The summed E-state index contributed by atoms with van der Waals surface area (Å²) in [5, 5.41) is 14.4. The molecule has 0 spiro atoms. The topological polar surface area (TPSA) is 140 Å². The highest BCUT2D eigenvalue weighted by atomic mass is 16.7. The van der Waals surface area contributed by atoms with Gasteiger partial charge in [0.1, 0.15) is 11.8 Å². The summed E-state index contributed by atoms with van der Waals surface area (Å²) in [7, 11) is 3.66. The van der Waals surface area contributed by atoms with Crippen LogP contribution in [-0.2, 0) is 27.2 Å². The number of nitrogens with zero attached hydrogens (tertiary/aromatic N) is 3. The van der Waals surface area contributed by atoms with Crippen molar-refractivity contribution in [3.8, 4) is 34.8 Å². The molecule has 1 amide bonds. The third kappa shape index (κ3) is 6.89. The number of piperazine rings is 1. The quantitative estimate of drug-likeness (QED) is 0.215. The summed E-state index contributed by atoms with van der Waals surface area (Å²) >= 11 is 0. The molecule has 4 heterocycles. The molecular weight excluding hydrogens is 713 g/mol. The summed E-state index contributed by atoms with van der Waals surface area (Å²) in [6.45, 7) is 5.46. The monoisotopic (exact) mass is 768 g/mol. The van der Waals surface area contributed by atoms with E-state index in [9.17, 15) is 19.6 Å². The van der Waals surface area contributed by atoms with Crippen LogP contribution >= 0.6 is 0 Å². The maximum atomic E-state index is 13.8. The molecule has 8 rings (SSSR count). The van der Waals surface area contributed by atoms with Crippen LogP contribution in [0.15, 0.2) is 6.07 Å². The van der Waals surface area contributed by atoms with Gasteiger partial charge in [-0.2, -0.15) is 5.26 Å². The molecule has 12 nitrogen and oxygen atoms in total. The first kappa shape index (κ1) is 38.5. The summed E-state index contributed by atoms with van der Waals surface area (Å²) in [6, 6.07) is 2.82. The van der Waals surface area contributed by atoms with Crippen LogP contribution < -0.4 is 29.0 Å². The number of nitriles is 1. The molecule has 5 atom stereocenters. The predicted molar refractivity (Wildman–Crippen MR) is 207 cm³/mol. The fourth-order valence-electron chi connectivity index (χ4n) is 11.1. The fourth-order valence-corrected chi connectivity index (χ4v) is 11.1. The molecular formula is C44H56N4O8. The van der Waals surface area contributed by atoms with Gasteiger partial charge in [0.05, 0.1) is 25.3 Å². The number of methoxy groups -OCH3 is 1. The zero-order valence-corrected chi connectivity index (χ0v) is 33.5. The number of ether oxygens (including phenoxy) is 5. The van der Waals surface area contributed by atoms with Crippen molar-refractivity contribution in [1.82, 2.24) is 15.1 Å². The summed E-state index contributed by atoms with van der Waals surface area (Å²) in [5.74, 6) is 2.40. The minimum Gasteiger partial charge on any atom is -0.493 e. The Labute approximate surface area is 330 Å². The Morgan fingerprint density at radius 1 is 0.875 bits per heavy atom. The highest BCUT2D eigenvalue weighted by Gasteiger charge is 2.57. The Kier molecular flexibility index (Phi) is 10.9. The van der Waals surface area contributed by atoms with E-state index in [4.69, 9.17) is 23.7 Å². The van der Waals surface area contributed by atoms with E-state index in [1.807, 2.05) is 20.9 Å². The van der Waals surface area contributed by atoms with Gasteiger partial charge in [-0.25, -0.2) is 0 Å². The van der Waals surface area contributed by atoms with Gasteiger partial charge in [0.2, 0.25) is 12.7 Å². The van der Waals surface area contributed by atoms with E-state index in [1.54, 1.807) is 7.11 Å². The van der Waals surface area contributed by atoms with Crippen molar-refractivity contribution in [3.63, 3.8) is 0 Å². The average molecular weight is 769 g/mol. The van der Waals surface area contributed by atoms with Crippen LogP contribution in [0.5, 0.6) is 28.7 Å². The van der Waals surface area contributed by atoms with Crippen molar-refractivity contribution in [3.05, 3.63) is 39.4 Å². The molecule has 2 aromatic rings. The molecule has 300 valence electrons. The lowest BCUT2D eigenvalue weighted by Gasteiger charge is -2.60. The Hall–Kier alpha value is -4.34. The molecule has 56 heavy (non-hydrogen) atoms. The molecule has 2 bridgehead atoms. The smallest absolute Gasteiger partial charge is 0.311 e. The van der Waals surface area contributed by atoms with Gasteiger partial charge in [0.15, 0.2) is 23.0 Å². The van der Waals surface area contributed by atoms with Crippen LogP contribution in [-0.4, -0.2) is 73.3 Å². The fraction of sp³-hybridized carbons (Fsp3) is 0.636. The van der Waals surface area contributed by atoms with E-state index in [-0.39, 0.29) is 43.3 Å². The van der Waals surface area contributed by atoms with Gasteiger partial charge in [-0.3, -0.25) is 24.2 Å². The lowest BCUT2D eigenvalue weighted by atomic mass is 9.71. The second-order valence-electron chi connectivity index (χ2n) is 17.0. The first-order valence-electron chi connectivity index (χ1n) is 20.8. The number of fused-ring (bicyclic) bond motifs is 9. The number of hydrogen-bond acceptors (Lipinski definition) is 11. The number of rotatable bonds is 9. The van der Waals surface area contributed by atoms with E-state index in [1.165, 1.54) is 19.8 Å². The number of benzene rings is 2. The molecule has 3 fully saturated rings. The number of likely N-dealkylation sites (N-methyl/N-ethyl adjacent to an activating group) is 1. The van der Waals surface area contributed by atoms with Crippen LogP contribution in [0, 0.1) is 37.0 Å². The normalized spacial score (nSPS) is 26.0. The summed E-state index contributed by atoms with van der Waals surface area (Å²) in [4.78, 5) is 44.8. The van der Waals surface area contributed by atoms with Gasteiger partial charge in [-0.15, -0.1) is 0 Å². The lowest BCUT2D eigenvalue weighted by molar-refractivity contribution is -0.136. The molecule has 0 radical (unpaired) electrons. The standard InChI is InChI=1S/C44H56N4O8/c1-24-16-29-19-31-33(21-45)48-32(39(47(31)4)37(29)44(40(24)52-5)56-36(51)18-28-14-10-7-11-15-28)20-30-38(34(48)22-46-35(50)17-27-12-8-6-9-13-27)43-42(53-23-54-43)25(2)41(30)55-26(3)49/h16,27-28,31-34,39H,6-15,17-20,22-23H2,1-5H3,(H,46,50)/t31-,32?,33-,34-,39-/m0/s1. The Bertz CT molecular complexity index is 1930. The van der Waals surface area contributed by atoms with E-state index < -0.39 is 18.1 Å². The minimum absolute atomic E-state index is 0.00803. The molecule has 0 aromatic heterocycles. The van der Waals surface area contributed by atoms with E-state index in [0.29, 0.717) is 71.8 Å². The van der Waals surface area contributed by atoms with Crippen LogP contribution in [0.25, 0.3) is 0 Å². The zero-order chi connectivity index (χ0) is 39.2. The zero-order valence-electron chi connectivity index (χ0n) is 33.5. The average Bonchev–Trinajstić information content (AvgIpc) is 3.67. The third-order valence-electron chi connectivity index (χ3n) is 13.6. The van der Waals surface area contributed by atoms with Gasteiger partial charge < -0.3 is 29.0 Å². The van der Waals surface area contributed by atoms with Crippen molar-refractivity contribution in [2.75, 3.05) is 27.5 Å². The largest absolute Gasteiger partial charge is 0.493 e. The number of aryl methyl sites for hydroxylation is 1.